The van der Waals surface area contributed by atoms with E-state index in [1.165, 1.54) is 17.0 Å². The minimum atomic E-state index is -0.469. The zero-order valence-electron chi connectivity index (χ0n) is 10.3. The summed E-state index contributed by atoms with van der Waals surface area (Å²) in [6.07, 6.45) is 2.08. The second-order valence-electron chi connectivity index (χ2n) is 3.99. The van der Waals surface area contributed by atoms with E-state index in [1.54, 1.807) is 12.1 Å². The second kappa shape index (κ2) is 6.17. The molecule has 0 fully saturated rings. The van der Waals surface area contributed by atoms with Gasteiger partial charge in [-0.2, -0.15) is 5.26 Å². The van der Waals surface area contributed by atoms with Gasteiger partial charge in [0.1, 0.15) is 4.95 Å². The fourth-order valence-electron chi connectivity index (χ4n) is 1.74. The van der Waals surface area contributed by atoms with Crippen LogP contribution in [0, 0.1) is 21.6 Å². The lowest BCUT2D eigenvalue weighted by atomic mass is 10.2. The second-order valence-corrected chi connectivity index (χ2v) is 4.86. The number of non-ortho nitro benzene ring substituents is 1. The van der Waals surface area contributed by atoms with E-state index in [9.17, 15) is 15.4 Å². The molecule has 0 aliphatic carbocycles. The first-order valence-corrected chi connectivity index (χ1v) is 6.67. The molecule has 20 heavy (non-hydrogen) atoms. The molecule has 2 aromatic rings. The van der Waals surface area contributed by atoms with Crippen molar-refractivity contribution in [2.24, 2.45) is 0 Å². The maximum Gasteiger partial charge on any atom is 0.269 e. The molecule has 5 nitrogen and oxygen atoms in total. The van der Waals surface area contributed by atoms with Gasteiger partial charge in [-0.05, 0) is 17.7 Å². The largest absolute Gasteiger partial charge is 0.269 e. The molecule has 0 aliphatic heterocycles. The highest BCUT2D eigenvalue weighted by atomic mass is 79.9. The van der Waals surface area contributed by atoms with E-state index >= 15 is 0 Å². The highest BCUT2D eigenvalue weighted by Crippen LogP contribution is 2.32. The van der Waals surface area contributed by atoms with E-state index in [4.69, 9.17) is 0 Å². The van der Waals surface area contributed by atoms with Crippen molar-refractivity contribution >= 4 is 27.3 Å². The van der Waals surface area contributed by atoms with Crippen molar-refractivity contribution in [2.45, 2.75) is 4.95 Å². The van der Waals surface area contributed by atoms with Crippen LogP contribution in [0.5, 0.6) is 0 Å². The third-order valence-electron chi connectivity index (χ3n) is 2.75. The Kier molecular flexibility index (Phi) is 4.33. The van der Waals surface area contributed by atoms with Crippen LogP contribution in [0.3, 0.4) is 0 Å². The number of nitro groups is 1. The van der Waals surface area contributed by atoms with Gasteiger partial charge in [0.05, 0.1) is 10.6 Å². The van der Waals surface area contributed by atoms with Crippen LogP contribution in [-0.4, -0.2) is 4.92 Å². The molecule has 0 amide bonds. The topological polar surface area (TPSA) is 70.2 Å². The summed E-state index contributed by atoms with van der Waals surface area (Å²) in [4.78, 5) is 11.3. The van der Waals surface area contributed by atoms with E-state index in [0.717, 1.165) is 5.56 Å². The fourth-order valence-corrected chi connectivity index (χ4v) is 2.37. The first-order valence-electron chi connectivity index (χ1n) is 5.76. The van der Waals surface area contributed by atoms with Crippen molar-refractivity contribution in [2.75, 3.05) is 4.90 Å². The van der Waals surface area contributed by atoms with Gasteiger partial charge in [0.25, 0.3) is 5.69 Å². The minimum absolute atomic E-state index is 0.00234. The van der Waals surface area contributed by atoms with Crippen LogP contribution in [0.25, 0.3) is 0 Å². The van der Waals surface area contributed by atoms with Gasteiger partial charge in [0.15, 0.2) is 6.19 Å². The predicted octanol–water partition coefficient (Wildman–Crippen LogP) is 3.98. The Morgan fingerprint density at radius 3 is 2.25 bits per heavy atom. The molecule has 1 unspecified atom stereocenters. The maximum atomic E-state index is 10.6. The zero-order chi connectivity index (χ0) is 14.5. The van der Waals surface area contributed by atoms with Gasteiger partial charge < -0.3 is 0 Å². The quantitative estimate of drug-likeness (QED) is 0.212. The number of halogens is 1. The number of anilines is 1. The van der Waals surface area contributed by atoms with Crippen LogP contribution in [0.1, 0.15) is 10.5 Å². The molecule has 0 aliphatic rings. The molecule has 0 saturated carbocycles. The summed E-state index contributed by atoms with van der Waals surface area (Å²) >= 11 is 3.47. The number of nitriles is 1. The van der Waals surface area contributed by atoms with Crippen LogP contribution in [0.2, 0.25) is 0 Å². The summed E-state index contributed by atoms with van der Waals surface area (Å²) < 4.78 is 0. The number of hydrogen-bond donors (Lipinski definition) is 0. The summed E-state index contributed by atoms with van der Waals surface area (Å²) in [6.45, 7) is 0. The highest BCUT2D eigenvalue weighted by Gasteiger charge is 2.18. The van der Waals surface area contributed by atoms with Gasteiger partial charge in [0.2, 0.25) is 0 Å². The minimum Gasteiger partial charge on any atom is -0.261 e. The molecule has 0 saturated heterocycles. The Balaban J connectivity index is 2.29. The van der Waals surface area contributed by atoms with Gasteiger partial charge in [0, 0.05) is 12.1 Å². The molecule has 6 heteroatoms. The van der Waals surface area contributed by atoms with E-state index in [0.29, 0.717) is 5.69 Å². The van der Waals surface area contributed by atoms with E-state index in [1.807, 2.05) is 30.3 Å². The first kappa shape index (κ1) is 14.0. The van der Waals surface area contributed by atoms with Gasteiger partial charge in [-0.3, -0.25) is 15.0 Å². The van der Waals surface area contributed by atoms with Gasteiger partial charge in [-0.1, -0.05) is 46.3 Å². The van der Waals surface area contributed by atoms with Crippen LogP contribution in [0.15, 0.2) is 54.6 Å². The Labute approximate surface area is 124 Å². The summed E-state index contributed by atoms with van der Waals surface area (Å²) in [5.41, 5.74) is 1.51. The SMILES string of the molecule is N#CN(c1ccc([N+](=O)[O-])cc1)C(Br)c1ccccc1. The van der Waals surface area contributed by atoms with E-state index in [-0.39, 0.29) is 10.6 Å². The number of alkyl halides is 1. The van der Waals surface area contributed by atoms with Crippen LogP contribution >= 0.6 is 15.9 Å². The van der Waals surface area contributed by atoms with E-state index in [2.05, 4.69) is 22.1 Å². The predicted molar refractivity (Wildman–Crippen MR) is 79.3 cm³/mol. The first-order chi connectivity index (χ1) is 9.63. The summed E-state index contributed by atoms with van der Waals surface area (Å²) in [7, 11) is 0. The third kappa shape index (κ3) is 2.95. The molecule has 0 heterocycles. The summed E-state index contributed by atoms with van der Waals surface area (Å²) in [5.74, 6) is 0. The normalized spacial score (nSPS) is 11.4. The molecule has 2 aromatic carbocycles. The number of hydrogen-bond acceptors (Lipinski definition) is 4. The van der Waals surface area contributed by atoms with Gasteiger partial charge in [-0.25, -0.2) is 0 Å². The number of nitro benzene ring substituents is 1. The Hall–Kier alpha value is -2.39. The van der Waals surface area contributed by atoms with Crippen molar-refractivity contribution < 1.29 is 4.92 Å². The van der Waals surface area contributed by atoms with Crippen molar-refractivity contribution in [3.8, 4) is 6.19 Å². The standard InChI is InChI=1S/C14H10BrN3O2/c15-14(11-4-2-1-3-5-11)17(10-16)12-6-8-13(9-7-12)18(19)20/h1-9,14H. The van der Waals surface area contributed by atoms with Gasteiger partial charge in [-0.15, -0.1) is 0 Å². The molecule has 0 aromatic heterocycles. The van der Waals surface area contributed by atoms with Crippen LogP contribution < -0.4 is 4.90 Å². The highest BCUT2D eigenvalue weighted by molar-refractivity contribution is 9.09. The molecule has 0 spiro atoms. The molecule has 100 valence electrons. The smallest absolute Gasteiger partial charge is 0.261 e. The van der Waals surface area contributed by atoms with Crippen LogP contribution in [-0.2, 0) is 0 Å². The molecule has 0 radical (unpaired) electrons. The summed E-state index contributed by atoms with van der Waals surface area (Å²) in [5, 5.41) is 19.9. The fraction of sp³-hybridized carbons (Fsp3) is 0.0714. The number of benzene rings is 2. The molecular weight excluding hydrogens is 322 g/mol. The molecule has 0 N–H and O–H groups in total. The van der Waals surface area contributed by atoms with Crippen molar-refractivity contribution in [3.05, 3.63) is 70.3 Å². The van der Waals surface area contributed by atoms with E-state index < -0.39 is 4.92 Å². The lowest BCUT2D eigenvalue weighted by Crippen LogP contribution is -2.18. The monoisotopic (exact) mass is 331 g/mol. The van der Waals surface area contributed by atoms with Crippen LogP contribution in [0.4, 0.5) is 11.4 Å². The van der Waals surface area contributed by atoms with Crippen molar-refractivity contribution in [3.63, 3.8) is 0 Å². The third-order valence-corrected chi connectivity index (χ3v) is 3.69. The zero-order valence-corrected chi connectivity index (χ0v) is 11.9. The van der Waals surface area contributed by atoms with Crippen molar-refractivity contribution in [1.29, 1.82) is 5.26 Å². The lowest BCUT2D eigenvalue weighted by molar-refractivity contribution is -0.384. The van der Waals surface area contributed by atoms with Crippen molar-refractivity contribution in [1.82, 2.24) is 0 Å². The summed E-state index contributed by atoms with van der Waals surface area (Å²) in [6, 6.07) is 15.3. The average molecular weight is 332 g/mol. The lowest BCUT2D eigenvalue weighted by Gasteiger charge is -2.22. The Bertz CT molecular complexity index is 638. The average Bonchev–Trinajstić information content (AvgIpc) is 2.49. The number of rotatable bonds is 4. The molecule has 1 atom stereocenters. The van der Waals surface area contributed by atoms with Gasteiger partial charge >= 0.3 is 0 Å². The molecule has 0 bridgehead atoms. The molecule has 2 rings (SSSR count). The Morgan fingerprint density at radius 2 is 1.75 bits per heavy atom. The maximum absolute atomic E-state index is 10.6. The molecular formula is C14H10BrN3O2. The number of nitrogens with zero attached hydrogens (tertiary/aromatic N) is 3. The Morgan fingerprint density at radius 1 is 1.15 bits per heavy atom.